The summed E-state index contributed by atoms with van der Waals surface area (Å²) in [4.78, 5) is 37.7. The highest BCUT2D eigenvalue weighted by Crippen LogP contribution is 2.29. The van der Waals surface area contributed by atoms with E-state index in [9.17, 15) is 14.0 Å². The number of nitrogens with zero attached hydrogens (tertiary/aromatic N) is 3. The second-order valence-electron chi connectivity index (χ2n) is 10.6. The van der Waals surface area contributed by atoms with Crippen LogP contribution < -0.4 is 5.73 Å². The lowest BCUT2D eigenvalue weighted by Gasteiger charge is -2.44. The molecule has 0 bridgehead atoms. The average Bonchev–Trinajstić information content (AvgIpc) is 3.36. The Hall–Kier alpha value is -3.33. The monoisotopic (exact) mass is 508 g/mol. The summed E-state index contributed by atoms with van der Waals surface area (Å²) in [6.45, 7) is 7.25. The highest BCUT2D eigenvalue weighted by molar-refractivity contribution is 6.10. The molecule has 2 heterocycles. The Balaban J connectivity index is 1.45. The first-order valence-corrected chi connectivity index (χ1v) is 13.1. The van der Waals surface area contributed by atoms with Gasteiger partial charge < -0.3 is 25.9 Å². The molecule has 1 unspecified atom stereocenters. The van der Waals surface area contributed by atoms with E-state index in [2.05, 4.69) is 9.97 Å². The number of carbonyl (C=O) groups is 2. The Morgan fingerprint density at radius 2 is 1.86 bits per heavy atom. The molecule has 4 rings (SSSR count). The molecule has 2 aliphatic rings. The van der Waals surface area contributed by atoms with Crippen molar-refractivity contribution in [2.45, 2.75) is 64.5 Å². The van der Waals surface area contributed by atoms with Gasteiger partial charge in [0.1, 0.15) is 17.3 Å². The van der Waals surface area contributed by atoms with Crippen LogP contribution in [0.3, 0.4) is 0 Å². The van der Waals surface area contributed by atoms with Gasteiger partial charge in [0.25, 0.3) is 5.91 Å². The van der Waals surface area contributed by atoms with Crippen molar-refractivity contribution >= 4 is 23.1 Å². The van der Waals surface area contributed by atoms with Gasteiger partial charge in [-0.3, -0.25) is 9.59 Å². The second-order valence-corrected chi connectivity index (χ2v) is 10.6. The molecule has 8 nitrogen and oxygen atoms in total. The number of hydrogen-bond acceptors (Lipinski definition) is 5. The Labute approximate surface area is 217 Å². The Morgan fingerprint density at radius 1 is 1.19 bits per heavy atom. The van der Waals surface area contributed by atoms with E-state index >= 15 is 0 Å². The van der Waals surface area contributed by atoms with Crippen molar-refractivity contribution in [2.24, 2.45) is 11.7 Å². The lowest BCUT2D eigenvalue weighted by molar-refractivity contribution is -0.142. The first kappa shape index (κ1) is 26.7. The number of carbonyl (C=O) groups excluding carboxylic acids is 2. The fraction of sp³-hybridized carbons (Fsp3) is 0.500. The average molecular weight is 509 g/mol. The second kappa shape index (κ2) is 11.0. The standard InChI is InChI=1S/C28H37FN6O2/c1-18(2)22(15-23(30)20-7-9-21(29)10-8-20)25-32-16-24(33-25)26(36)34-13-14-35(19(3)17-34)27(37)28(31)11-5-4-6-12-28/h7-10,15-16,18-19,30H,4-6,11-14,17,31H2,1-3H3,(H,32,33)/b22-15-,30-23?. The number of H-pyrrole nitrogens is 1. The molecule has 1 aromatic carbocycles. The molecule has 9 heteroatoms. The summed E-state index contributed by atoms with van der Waals surface area (Å²) < 4.78 is 13.3. The molecule has 2 fully saturated rings. The van der Waals surface area contributed by atoms with Gasteiger partial charge >= 0.3 is 0 Å². The molecule has 2 aromatic rings. The summed E-state index contributed by atoms with van der Waals surface area (Å²) in [5.74, 6) is 0.0395. The minimum atomic E-state index is -0.780. The quantitative estimate of drug-likeness (QED) is 0.511. The van der Waals surface area contributed by atoms with Crippen molar-refractivity contribution < 1.29 is 14.0 Å². The summed E-state index contributed by atoms with van der Waals surface area (Å²) in [6, 6.07) is 5.66. The number of amides is 2. The van der Waals surface area contributed by atoms with Crippen LogP contribution in [0.2, 0.25) is 0 Å². The number of nitrogens with two attached hydrogens (primary N) is 1. The Morgan fingerprint density at radius 3 is 2.49 bits per heavy atom. The first-order valence-electron chi connectivity index (χ1n) is 13.1. The number of nitrogens with one attached hydrogen (secondary N) is 2. The molecular formula is C28H37FN6O2. The lowest BCUT2D eigenvalue weighted by atomic mass is 9.81. The largest absolute Gasteiger partial charge is 0.335 e. The van der Waals surface area contributed by atoms with E-state index in [-0.39, 0.29) is 35.3 Å². The van der Waals surface area contributed by atoms with Crippen LogP contribution in [0.5, 0.6) is 0 Å². The van der Waals surface area contributed by atoms with Gasteiger partial charge in [-0.05, 0) is 67.2 Å². The van der Waals surface area contributed by atoms with Crippen LogP contribution in [0.4, 0.5) is 4.39 Å². The third kappa shape index (κ3) is 5.82. The summed E-state index contributed by atoms with van der Waals surface area (Å²) >= 11 is 0. The normalized spacial score (nSPS) is 20.3. The van der Waals surface area contributed by atoms with Crippen molar-refractivity contribution in [1.29, 1.82) is 5.41 Å². The van der Waals surface area contributed by atoms with Crippen molar-refractivity contribution in [3.05, 3.63) is 59.4 Å². The molecule has 1 saturated carbocycles. The SMILES string of the molecule is CC(C)/C(=C/C(=N)c1ccc(F)cc1)c1ncc(C(=O)N2CCN(C(=O)C3(N)CCCCC3)C(C)C2)[nH]1. The van der Waals surface area contributed by atoms with Crippen LogP contribution in [0.1, 0.15) is 74.8 Å². The smallest absolute Gasteiger partial charge is 0.272 e. The zero-order chi connectivity index (χ0) is 26.7. The van der Waals surface area contributed by atoms with Crippen LogP contribution >= 0.6 is 0 Å². The third-order valence-corrected chi connectivity index (χ3v) is 7.50. The molecule has 198 valence electrons. The van der Waals surface area contributed by atoms with Gasteiger partial charge in [0, 0.05) is 25.7 Å². The highest BCUT2D eigenvalue weighted by atomic mass is 19.1. The van der Waals surface area contributed by atoms with E-state index in [1.54, 1.807) is 23.1 Å². The summed E-state index contributed by atoms with van der Waals surface area (Å²) in [6.07, 6.45) is 7.75. The minimum absolute atomic E-state index is 0.00550. The lowest BCUT2D eigenvalue weighted by Crippen LogP contribution is -2.63. The molecule has 2 amide bonds. The van der Waals surface area contributed by atoms with Gasteiger partial charge in [0.15, 0.2) is 0 Å². The summed E-state index contributed by atoms with van der Waals surface area (Å²) in [5, 5.41) is 8.43. The van der Waals surface area contributed by atoms with Gasteiger partial charge in [0.05, 0.1) is 17.4 Å². The highest BCUT2D eigenvalue weighted by Gasteiger charge is 2.41. The van der Waals surface area contributed by atoms with Gasteiger partial charge in [-0.15, -0.1) is 0 Å². The number of aromatic amines is 1. The van der Waals surface area contributed by atoms with E-state index < -0.39 is 5.54 Å². The number of hydrogen-bond donors (Lipinski definition) is 3. The van der Waals surface area contributed by atoms with E-state index in [0.717, 1.165) is 37.7 Å². The van der Waals surface area contributed by atoms with E-state index in [1.807, 2.05) is 25.7 Å². The Bertz CT molecular complexity index is 1180. The molecule has 1 aliphatic carbocycles. The zero-order valence-electron chi connectivity index (χ0n) is 21.9. The Kier molecular flexibility index (Phi) is 7.92. The van der Waals surface area contributed by atoms with E-state index in [0.29, 0.717) is 36.7 Å². The fourth-order valence-corrected chi connectivity index (χ4v) is 5.25. The van der Waals surface area contributed by atoms with Gasteiger partial charge in [-0.2, -0.15) is 0 Å². The van der Waals surface area contributed by atoms with Gasteiger partial charge in [0.2, 0.25) is 5.91 Å². The molecule has 37 heavy (non-hydrogen) atoms. The molecular weight excluding hydrogens is 471 g/mol. The van der Waals surface area contributed by atoms with Crippen LogP contribution in [-0.2, 0) is 4.79 Å². The maximum absolute atomic E-state index is 13.3. The number of halogens is 1. The number of piperazine rings is 1. The number of benzene rings is 1. The van der Waals surface area contributed by atoms with E-state index in [4.69, 9.17) is 11.1 Å². The maximum atomic E-state index is 13.3. The molecule has 0 spiro atoms. The van der Waals surface area contributed by atoms with Crippen LogP contribution in [-0.4, -0.2) is 68.5 Å². The summed E-state index contributed by atoms with van der Waals surface area (Å²) in [5.41, 5.74) is 7.68. The molecule has 1 aromatic heterocycles. The molecule has 1 atom stereocenters. The maximum Gasteiger partial charge on any atom is 0.272 e. The van der Waals surface area contributed by atoms with Gasteiger partial charge in [-0.1, -0.05) is 33.1 Å². The van der Waals surface area contributed by atoms with Crippen molar-refractivity contribution in [2.75, 3.05) is 19.6 Å². The molecule has 1 aliphatic heterocycles. The molecule has 0 radical (unpaired) electrons. The summed E-state index contributed by atoms with van der Waals surface area (Å²) in [7, 11) is 0. The predicted molar refractivity (Wildman–Crippen MR) is 142 cm³/mol. The number of allylic oxidation sites excluding steroid dienone is 2. The molecule has 4 N–H and O–H groups in total. The topological polar surface area (TPSA) is 119 Å². The van der Waals surface area contributed by atoms with Gasteiger partial charge in [-0.25, -0.2) is 9.37 Å². The van der Waals surface area contributed by atoms with Crippen molar-refractivity contribution in [3.8, 4) is 0 Å². The third-order valence-electron chi connectivity index (χ3n) is 7.50. The number of imidazole rings is 1. The predicted octanol–water partition coefficient (Wildman–Crippen LogP) is 3.99. The molecule has 1 saturated heterocycles. The fourth-order valence-electron chi connectivity index (χ4n) is 5.25. The minimum Gasteiger partial charge on any atom is -0.335 e. The number of aromatic nitrogens is 2. The van der Waals surface area contributed by atoms with E-state index in [1.165, 1.54) is 18.3 Å². The van der Waals surface area contributed by atoms with Crippen LogP contribution in [0.25, 0.3) is 5.57 Å². The van der Waals surface area contributed by atoms with Crippen molar-refractivity contribution in [1.82, 2.24) is 19.8 Å². The first-order chi connectivity index (χ1) is 17.6. The van der Waals surface area contributed by atoms with Crippen LogP contribution in [0, 0.1) is 17.1 Å². The zero-order valence-corrected chi connectivity index (χ0v) is 21.9. The number of rotatable bonds is 6. The van der Waals surface area contributed by atoms with Crippen molar-refractivity contribution in [3.63, 3.8) is 0 Å². The van der Waals surface area contributed by atoms with Crippen LogP contribution in [0.15, 0.2) is 36.5 Å².